The van der Waals surface area contributed by atoms with Gasteiger partial charge >= 0.3 is 0 Å². The zero-order valence-electron chi connectivity index (χ0n) is 13.7. The Morgan fingerprint density at radius 2 is 2.42 bits per heavy atom. The largest absolute Gasteiger partial charge is 0.381 e. The number of pyridine rings is 1. The van der Waals surface area contributed by atoms with Crippen LogP contribution in [0.15, 0.2) is 33.9 Å². The maximum Gasteiger partial charge on any atom is 0.254 e. The number of hydrogen-bond acceptors (Lipinski definition) is 6. The summed E-state index contributed by atoms with van der Waals surface area (Å²) < 4.78 is 10.5. The zero-order chi connectivity index (χ0) is 16.8. The van der Waals surface area contributed by atoms with Crippen LogP contribution in [0.4, 0.5) is 0 Å². The summed E-state index contributed by atoms with van der Waals surface area (Å²) in [6.45, 7) is 4.05. The molecule has 0 aromatic carbocycles. The molecule has 0 saturated carbocycles. The van der Waals surface area contributed by atoms with Gasteiger partial charge in [-0.15, -0.1) is 0 Å². The van der Waals surface area contributed by atoms with Crippen LogP contribution in [0.1, 0.15) is 34.7 Å². The van der Waals surface area contributed by atoms with Crippen LogP contribution in [0.25, 0.3) is 0 Å². The molecule has 0 radical (unpaired) electrons. The first-order valence-electron chi connectivity index (χ1n) is 8.08. The van der Waals surface area contributed by atoms with Gasteiger partial charge in [0.15, 0.2) is 0 Å². The minimum Gasteiger partial charge on any atom is -0.381 e. The molecule has 1 unspecified atom stereocenters. The van der Waals surface area contributed by atoms with Crippen LogP contribution in [0, 0.1) is 12.8 Å². The maximum atomic E-state index is 12.5. The molecule has 1 aliphatic rings. The van der Waals surface area contributed by atoms with Crippen LogP contribution < -0.4 is 5.32 Å². The standard InChI is InChI=1S/C17H21N3O3S/c1-12-8-14(20-23-12)11-24-17-15(5-2-6-18-17)16(21)19-9-13-4-3-7-22-10-13/h2,5-6,8,13H,3-4,7,9-11H2,1H3,(H,19,21). The molecule has 0 aliphatic carbocycles. The molecule has 1 N–H and O–H groups in total. The van der Waals surface area contributed by atoms with E-state index in [9.17, 15) is 4.79 Å². The third-order valence-electron chi connectivity index (χ3n) is 3.86. The summed E-state index contributed by atoms with van der Waals surface area (Å²) in [5.41, 5.74) is 1.44. The highest BCUT2D eigenvalue weighted by molar-refractivity contribution is 7.98. The minimum absolute atomic E-state index is 0.0903. The smallest absolute Gasteiger partial charge is 0.254 e. The Morgan fingerprint density at radius 1 is 1.50 bits per heavy atom. The summed E-state index contributed by atoms with van der Waals surface area (Å²) in [5, 5.41) is 7.67. The van der Waals surface area contributed by atoms with Crippen LogP contribution in [-0.4, -0.2) is 35.8 Å². The number of carbonyl (C=O) groups is 1. The number of carbonyl (C=O) groups excluding carboxylic acids is 1. The minimum atomic E-state index is -0.0903. The van der Waals surface area contributed by atoms with Gasteiger partial charge in [-0.3, -0.25) is 4.79 Å². The monoisotopic (exact) mass is 347 g/mol. The fraction of sp³-hybridized carbons (Fsp3) is 0.471. The Hall–Kier alpha value is -1.86. The van der Waals surface area contributed by atoms with E-state index < -0.39 is 0 Å². The average Bonchev–Trinajstić information content (AvgIpc) is 3.04. The third kappa shape index (κ3) is 4.58. The number of rotatable bonds is 6. The molecule has 0 spiro atoms. The molecule has 128 valence electrons. The molecule has 1 saturated heterocycles. The molecule has 6 nitrogen and oxygen atoms in total. The van der Waals surface area contributed by atoms with Gasteiger partial charge in [0.2, 0.25) is 0 Å². The maximum absolute atomic E-state index is 12.5. The summed E-state index contributed by atoms with van der Waals surface area (Å²) in [4.78, 5) is 16.8. The Morgan fingerprint density at radius 3 is 3.17 bits per heavy atom. The number of hydrogen-bond donors (Lipinski definition) is 1. The van der Waals surface area contributed by atoms with Crippen molar-refractivity contribution in [3.05, 3.63) is 41.4 Å². The number of thioether (sulfide) groups is 1. The van der Waals surface area contributed by atoms with Crippen molar-refractivity contribution < 1.29 is 14.1 Å². The molecule has 1 atom stereocenters. The lowest BCUT2D eigenvalue weighted by Crippen LogP contribution is -2.33. The first kappa shape index (κ1) is 17.0. The van der Waals surface area contributed by atoms with E-state index in [1.54, 1.807) is 18.3 Å². The second kappa shape index (κ2) is 8.30. The summed E-state index contributed by atoms with van der Waals surface area (Å²) in [6, 6.07) is 5.47. The van der Waals surface area contributed by atoms with Gasteiger partial charge in [-0.1, -0.05) is 16.9 Å². The van der Waals surface area contributed by atoms with E-state index >= 15 is 0 Å². The molecule has 3 rings (SSSR count). The topological polar surface area (TPSA) is 77.2 Å². The number of amides is 1. The van der Waals surface area contributed by atoms with Crippen molar-refractivity contribution in [2.45, 2.75) is 30.5 Å². The summed E-state index contributed by atoms with van der Waals surface area (Å²) >= 11 is 1.48. The van der Waals surface area contributed by atoms with Gasteiger partial charge in [-0.25, -0.2) is 4.98 Å². The van der Waals surface area contributed by atoms with E-state index in [-0.39, 0.29) is 5.91 Å². The van der Waals surface area contributed by atoms with Crippen LogP contribution >= 0.6 is 11.8 Å². The molecule has 24 heavy (non-hydrogen) atoms. The highest BCUT2D eigenvalue weighted by atomic mass is 32.2. The lowest BCUT2D eigenvalue weighted by Gasteiger charge is -2.22. The molecule has 2 aromatic heterocycles. The highest BCUT2D eigenvalue weighted by Crippen LogP contribution is 2.24. The highest BCUT2D eigenvalue weighted by Gasteiger charge is 2.17. The molecule has 1 amide bonds. The van der Waals surface area contributed by atoms with Gasteiger partial charge in [-0.2, -0.15) is 0 Å². The Labute approximate surface area is 145 Å². The number of aryl methyl sites for hydroxylation is 1. The lowest BCUT2D eigenvalue weighted by atomic mass is 10.0. The van der Waals surface area contributed by atoms with Crippen molar-refractivity contribution in [2.24, 2.45) is 5.92 Å². The van der Waals surface area contributed by atoms with E-state index in [1.807, 2.05) is 13.0 Å². The van der Waals surface area contributed by atoms with Gasteiger partial charge in [0, 0.05) is 31.2 Å². The van der Waals surface area contributed by atoms with Gasteiger partial charge in [0.05, 0.1) is 17.9 Å². The van der Waals surface area contributed by atoms with Gasteiger partial charge in [0.1, 0.15) is 10.8 Å². The fourth-order valence-electron chi connectivity index (χ4n) is 2.61. The van der Waals surface area contributed by atoms with Crippen molar-refractivity contribution in [1.82, 2.24) is 15.5 Å². The Balaban J connectivity index is 1.58. The van der Waals surface area contributed by atoms with E-state index in [4.69, 9.17) is 9.26 Å². The van der Waals surface area contributed by atoms with Crippen LogP contribution in [-0.2, 0) is 10.5 Å². The molecule has 7 heteroatoms. The second-order valence-corrected chi connectivity index (χ2v) is 6.83. The molecule has 2 aromatic rings. The van der Waals surface area contributed by atoms with E-state index in [2.05, 4.69) is 15.5 Å². The summed E-state index contributed by atoms with van der Waals surface area (Å²) in [6.07, 6.45) is 3.86. The fourth-order valence-corrected chi connectivity index (χ4v) is 3.48. The molecule has 1 aliphatic heterocycles. The SMILES string of the molecule is Cc1cc(CSc2ncccc2C(=O)NCC2CCCOC2)no1. The predicted octanol–water partition coefficient (Wildman–Crippen LogP) is 2.83. The predicted molar refractivity (Wildman–Crippen MR) is 90.9 cm³/mol. The van der Waals surface area contributed by atoms with Gasteiger partial charge in [0.25, 0.3) is 5.91 Å². The van der Waals surface area contributed by atoms with Crippen molar-refractivity contribution >= 4 is 17.7 Å². The Bertz CT molecular complexity index is 683. The lowest BCUT2D eigenvalue weighted by molar-refractivity contribution is 0.0536. The van der Waals surface area contributed by atoms with Crippen LogP contribution in [0.3, 0.4) is 0 Å². The number of nitrogens with one attached hydrogen (secondary N) is 1. The number of nitrogens with zero attached hydrogens (tertiary/aromatic N) is 2. The van der Waals surface area contributed by atoms with Gasteiger partial charge < -0.3 is 14.6 Å². The third-order valence-corrected chi connectivity index (χ3v) is 4.89. The van der Waals surface area contributed by atoms with E-state index in [1.165, 1.54) is 11.8 Å². The van der Waals surface area contributed by atoms with E-state index in [0.717, 1.165) is 37.5 Å². The molecule has 3 heterocycles. The first-order chi connectivity index (χ1) is 11.7. The number of ether oxygens (including phenoxy) is 1. The van der Waals surface area contributed by atoms with Crippen molar-refractivity contribution in [3.8, 4) is 0 Å². The Kier molecular flexibility index (Phi) is 5.87. The van der Waals surface area contributed by atoms with E-state index in [0.29, 0.717) is 28.8 Å². The summed E-state index contributed by atoms with van der Waals surface area (Å²) in [7, 11) is 0. The zero-order valence-corrected chi connectivity index (χ0v) is 14.5. The van der Waals surface area contributed by atoms with Crippen LogP contribution in [0.5, 0.6) is 0 Å². The molecular weight excluding hydrogens is 326 g/mol. The molecular formula is C17H21N3O3S. The average molecular weight is 347 g/mol. The first-order valence-corrected chi connectivity index (χ1v) is 9.07. The quantitative estimate of drug-likeness (QED) is 0.810. The summed E-state index contributed by atoms with van der Waals surface area (Å²) in [5.74, 6) is 1.70. The van der Waals surface area contributed by atoms with Crippen molar-refractivity contribution in [2.75, 3.05) is 19.8 Å². The van der Waals surface area contributed by atoms with Crippen LogP contribution in [0.2, 0.25) is 0 Å². The second-order valence-electron chi connectivity index (χ2n) is 5.87. The normalized spacial score (nSPS) is 17.6. The van der Waals surface area contributed by atoms with Crippen molar-refractivity contribution in [1.29, 1.82) is 0 Å². The van der Waals surface area contributed by atoms with Gasteiger partial charge in [-0.05, 0) is 37.8 Å². The van der Waals surface area contributed by atoms with Crippen molar-refractivity contribution in [3.63, 3.8) is 0 Å². The molecule has 1 fully saturated rings. The number of aromatic nitrogens is 2. The molecule has 0 bridgehead atoms.